The Labute approximate surface area is 113 Å². The first-order chi connectivity index (χ1) is 9.22. The van der Waals surface area contributed by atoms with Crippen LogP contribution < -0.4 is 5.32 Å². The second-order valence-electron chi connectivity index (χ2n) is 5.52. The summed E-state index contributed by atoms with van der Waals surface area (Å²) in [7, 11) is 0. The minimum absolute atomic E-state index is 0.0685. The number of anilines is 1. The fourth-order valence-electron chi connectivity index (χ4n) is 3.64. The first kappa shape index (κ1) is 11.2. The van der Waals surface area contributed by atoms with Crippen molar-refractivity contribution >= 4 is 27.9 Å². The Kier molecular flexibility index (Phi) is 2.32. The van der Waals surface area contributed by atoms with Gasteiger partial charge in [-0.25, -0.2) is 0 Å². The third-order valence-electron chi connectivity index (χ3n) is 4.47. The number of rotatable bonds is 3. The second-order valence-corrected chi connectivity index (χ2v) is 6.40. The average Bonchev–Trinajstić information content (AvgIpc) is 3.05. The summed E-state index contributed by atoms with van der Waals surface area (Å²) in [5.74, 6) is 1.99. The Hall–Kier alpha value is -1.63. The van der Waals surface area contributed by atoms with Crippen molar-refractivity contribution in [3.8, 4) is 0 Å². The lowest BCUT2D eigenvalue weighted by atomic mass is 9.95. The van der Waals surface area contributed by atoms with Crippen LogP contribution >= 0.6 is 11.3 Å². The maximum atomic E-state index is 11.2. The van der Waals surface area contributed by atoms with Crippen LogP contribution in [0.2, 0.25) is 0 Å². The number of nitro groups is 1. The van der Waals surface area contributed by atoms with E-state index in [1.54, 1.807) is 10.6 Å². The monoisotopic (exact) mass is 278 g/mol. The Balaban J connectivity index is 1.69. The Morgan fingerprint density at radius 1 is 1.47 bits per heavy atom. The quantitative estimate of drug-likeness (QED) is 0.692. The van der Waals surface area contributed by atoms with E-state index in [9.17, 15) is 10.1 Å². The average molecular weight is 278 g/mol. The Morgan fingerprint density at radius 3 is 3.05 bits per heavy atom. The maximum Gasteiger partial charge on any atom is 0.372 e. The van der Waals surface area contributed by atoms with Gasteiger partial charge in [0.2, 0.25) is 5.82 Å². The van der Waals surface area contributed by atoms with E-state index in [4.69, 9.17) is 0 Å². The molecule has 4 rings (SSSR count). The summed E-state index contributed by atoms with van der Waals surface area (Å²) in [5.41, 5.74) is 0. The molecule has 0 aliphatic heterocycles. The van der Waals surface area contributed by atoms with Gasteiger partial charge in [-0.2, -0.15) is 9.38 Å². The van der Waals surface area contributed by atoms with Crippen molar-refractivity contribution in [1.82, 2.24) is 9.38 Å². The molecule has 2 saturated carbocycles. The minimum atomic E-state index is -0.345. The van der Waals surface area contributed by atoms with E-state index in [-0.39, 0.29) is 10.7 Å². The highest BCUT2D eigenvalue weighted by atomic mass is 32.1. The molecule has 2 heterocycles. The van der Waals surface area contributed by atoms with E-state index >= 15 is 0 Å². The summed E-state index contributed by atoms with van der Waals surface area (Å²) >= 11 is 1.42. The summed E-state index contributed by atoms with van der Waals surface area (Å²) in [4.78, 5) is 15.9. The fraction of sp³-hybridized carbons (Fsp3) is 0.583. The minimum Gasteiger partial charge on any atom is -0.360 e. The molecule has 19 heavy (non-hydrogen) atoms. The van der Waals surface area contributed by atoms with Crippen LogP contribution in [0.25, 0.3) is 4.96 Å². The van der Waals surface area contributed by atoms with Gasteiger partial charge in [-0.3, -0.25) is 0 Å². The largest absolute Gasteiger partial charge is 0.372 e. The molecule has 2 aliphatic carbocycles. The van der Waals surface area contributed by atoms with Crippen molar-refractivity contribution in [2.24, 2.45) is 11.8 Å². The fourth-order valence-corrected chi connectivity index (χ4v) is 4.35. The van der Waals surface area contributed by atoms with Gasteiger partial charge in [0, 0.05) is 11.4 Å². The van der Waals surface area contributed by atoms with Crippen molar-refractivity contribution in [2.75, 3.05) is 5.32 Å². The normalized spacial score (nSPS) is 29.2. The third kappa shape index (κ3) is 1.64. The number of imidazole rings is 1. The molecule has 2 fully saturated rings. The van der Waals surface area contributed by atoms with E-state index in [0.717, 1.165) is 12.3 Å². The highest BCUT2D eigenvalue weighted by molar-refractivity contribution is 7.15. The Bertz CT molecular complexity index is 649. The van der Waals surface area contributed by atoms with Crippen LogP contribution in [0.5, 0.6) is 0 Å². The standard InChI is InChI=1S/C12H14N4O2S/c17-16(18)11-10(14-12-15(11)3-4-19-12)13-9-6-7-1-2-8(9)5-7/h3-4,7-9,13H,1-2,5-6H2. The molecule has 0 spiro atoms. The summed E-state index contributed by atoms with van der Waals surface area (Å²) in [5, 5.41) is 16.4. The number of hydrogen-bond donors (Lipinski definition) is 1. The highest BCUT2D eigenvalue weighted by Gasteiger charge is 2.40. The molecule has 0 aromatic carbocycles. The summed E-state index contributed by atoms with van der Waals surface area (Å²) in [6, 6.07) is 0.363. The van der Waals surface area contributed by atoms with E-state index in [1.165, 1.54) is 30.6 Å². The number of nitrogens with one attached hydrogen (secondary N) is 1. The zero-order valence-corrected chi connectivity index (χ0v) is 11.1. The molecule has 0 amide bonds. The van der Waals surface area contributed by atoms with Crippen molar-refractivity contribution in [3.63, 3.8) is 0 Å². The SMILES string of the molecule is O=[N+]([O-])c1c(NC2CC3CCC2C3)nc2sccn12. The molecule has 0 radical (unpaired) electrons. The number of fused-ring (bicyclic) bond motifs is 3. The van der Waals surface area contributed by atoms with Gasteiger partial charge in [0.1, 0.15) is 6.20 Å². The van der Waals surface area contributed by atoms with Crippen LogP contribution in [0.4, 0.5) is 11.6 Å². The van der Waals surface area contributed by atoms with E-state index in [0.29, 0.717) is 22.7 Å². The molecule has 3 atom stereocenters. The van der Waals surface area contributed by atoms with Crippen molar-refractivity contribution < 1.29 is 4.92 Å². The van der Waals surface area contributed by atoms with E-state index in [2.05, 4.69) is 10.3 Å². The molecular formula is C12H14N4O2S. The van der Waals surface area contributed by atoms with Gasteiger partial charge < -0.3 is 15.4 Å². The molecule has 100 valence electrons. The first-order valence-electron chi connectivity index (χ1n) is 6.59. The topological polar surface area (TPSA) is 72.5 Å². The zero-order valence-electron chi connectivity index (χ0n) is 10.3. The van der Waals surface area contributed by atoms with Gasteiger partial charge in [-0.05, 0) is 36.0 Å². The van der Waals surface area contributed by atoms with Gasteiger partial charge in [0.15, 0.2) is 0 Å². The van der Waals surface area contributed by atoms with Crippen molar-refractivity contribution in [1.29, 1.82) is 0 Å². The first-order valence-corrected chi connectivity index (χ1v) is 7.47. The summed E-state index contributed by atoms with van der Waals surface area (Å²) in [6.45, 7) is 0. The lowest BCUT2D eigenvalue weighted by Gasteiger charge is -2.22. The number of aromatic nitrogens is 2. The number of hydrogen-bond acceptors (Lipinski definition) is 5. The molecule has 7 heteroatoms. The lowest BCUT2D eigenvalue weighted by molar-refractivity contribution is -0.389. The smallest absolute Gasteiger partial charge is 0.360 e. The second kappa shape index (κ2) is 3.93. The van der Waals surface area contributed by atoms with Gasteiger partial charge in [0.25, 0.3) is 4.96 Å². The molecule has 6 nitrogen and oxygen atoms in total. The molecular weight excluding hydrogens is 264 g/mol. The van der Waals surface area contributed by atoms with Gasteiger partial charge >= 0.3 is 5.82 Å². The third-order valence-corrected chi connectivity index (χ3v) is 5.23. The lowest BCUT2D eigenvalue weighted by Crippen LogP contribution is -2.26. The predicted molar refractivity (Wildman–Crippen MR) is 72.6 cm³/mol. The van der Waals surface area contributed by atoms with Crippen LogP contribution in [0.1, 0.15) is 25.7 Å². The van der Waals surface area contributed by atoms with Crippen LogP contribution in [-0.2, 0) is 0 Å². The molecule has 2 aromatic heterocycles. The summed E-state index contributed by atoms with van der Waals surface area (Å²) in [6.07, 6.45) is 6.68. The van der Waals surface area contributed by atoms with Crippen molar-refractivity contribution in [3.05, 3.63) is 21.7 Å². The Morgan fingerprint density at radius 2 is 2.37 bits per heavy atom. The number of nitrogens with zero attached hydrogens (tertiary/aromatic N) is 3. The van der Waals surface area contributed by atoms with Crippen LogP contribution in [0.3, 0.4) is 0 Å². The molecule has 2 aromatic rings. The van der Waals surface area contributed by atoms with Crippen LogP contribution in [-0.4, -0.2) is 20.3 Å². The van der Waals surface area contributed by atoms with Gasteiger partial charge in [0.05, 0.1) is 0 Å². The van der Waals surface area contributed by atoms with Crippen LogP contribution in [0.15, 0.2) is 11.6 Å². The van der Waals surface area contributed by atoms with Crippen molar-refractivity contribution in [2.45, 2.75) is 31.7 Å². The highest BCUT2D eigenvalue weighted by Crippen LogP contribution is 2.46. The molecule has 2 bridgehead atoms. The van der Waals surface area contributed by atoms with E-state index < -0.39 is 0 Å². The number of thiazole rings is 1. The molecule has 3 unspecified atom stereocenters. The van der Waals surface area contributed by atoms with Gasteiger partial charge in [-0.1, -0.05) is 17.8 Å². The molecule has 2 aliphatic rings. The predicted octanol–water partition coefficient (Wildman–Crippen LogP) is 2.90. The van der Waals surface area contributed by atoms with Crippen LogP contribution in [0, 0.1) is 22.0 Å². The zero-order chi connectivity index (χ0) is 13.0. The molecule has 1 N–H and O–H groups in total. The molecule has 0 saturated heterocycles. The summed E-state index contributed by atoms with van der Waals surface area (Å²) < 4.78 is 1.56. The van der Waals surface area contributed by atoms with E-state index in [1.807, 2.05) is 5.38 Å². The maximum absolute atomic E-state index is 11.2. The van der Waals surface area contributed by atoms with Gasteiger partial charge in [-0.15, -0.1) is 0 Å².